The third-order valence-electron chi connectivity index (χ3n) is 8.69. The number of carbonyl (C=O) groups is 1. The Morgan fingerprint density at radius 1 is 1.23 bits per heavy atom. The van der Waals surface area contributed by atoms with E-state index in [1.807, 2.05) is 0 Å². The summed E-state index contributed by atoms with van der Waals surface area (Å²) < 4.78 is 17.3. The molecule has 0 unspecified atom stereocenters. The summed E-state index contributed by atoms with van der Waals surface area (Å²) >= 11 is 0. The molecule has 2 fully saturated rings. The summed E-state index contributed by atoms with van der Waals surface area (Å²) in [4.78, 5) is 11.1. The van der Waals surface area contributed by atoms with Crippen LogP contribution in [0, 0.1) is 34.5 Å². The van der Waals surface area contributed by atoms with Gasteiger partial charge in [0.15, 0.2) is 6.67 Å². The third-order valence-corrected chi connectivity index (χ3v) is 8.69. The fraction of sp³-hybridized carbons (Fsp3) is 0.783. The summed E-state index contributed by atoms with van der Waals surface area (Å²) in [7, 11) is 0. The normalized spacial score (nSPS) is 43.9. The number of ether oxygens (including phenoxy) is 1. The van der Waals surface area contributed by atoms with Crippen LogP contribution in [0.4, 0.5) is 4.39 Å². The molecular formula is C23H33FO2. The number of alkyl halides is 1. The quantitative estimate of drug-likeness (QED) is 0.607. The highest BCUT2D eigenvalue weighted by Crippen LogP contribution is 2.66. The lowest BCUT2D eigenvalue weighted by molar-refractivity contribution is -0.145. The number of allylic oxidation sites excluding steroid dienone is 4. The van der Waals surface area contributed by atoms with Gasteiger partial charge in [-0.2, -0.15) is 0 Å². The van der Waals surface area contributed by atoms with Crippen molar-refractivity contribution in [2.24, 2.45) is 34.5 Å². The van der Waals surface area contributed by atoms with Crippen molar-refractivity contribution < 1.29 is 13.9 Å². The van der Waals surface area contributed by atoms with Crippen molar-refractivity contribution in [1.82, 2.24) is 0 Å². The fourth-order valence-corrected chi connectivity index (χ4v) is 7.24. The van der Waals surface area contributed by atoms with E-state index in [1.165, 1.54) is 44.9 Å². The van der Waals surface area contributed by atoms with Crippen molar-refractivity contribution in [1.29, 1.82) is 0 Å². The third kappa shape index (κ3) is 2.77. The Labute approximate surface area is 157 Å². The monoisotopic (exact) mass is 360 g/mol. The minimum atomic E-state index is -1.00. The van der Waals surface area contributed by atoms with E-state index in [4.69, 9.17) is 4.74 Å². The lowest BCUT2D eigenvalue weighted by Gasteiger charge is -2.57. The molecule has 0 amide bonds. The van der Waals surface area contributed by atoms with Gasteiger partial charge >= 0.3 is 5.97 Å². The Morgan fingerprint density at radius 3 is 2.88 bits per heavy atom. The largest absolute Gasteiger partial charge is 0.464 e. The zero-order chi connectivity index (χ0) is 18.4. The van der Waals surface area contributed by atoms with Crippen LogP contribution in [-0.4, -0.2) is 19.3 Å². The van der Waals surface area contributed by atoms with Crippen LogP contribution in [0.2, 0.25) is 0 Å². The maximum atomic E-state index is 12.3. The van der Waals surface area contributed by atoms with Gasteiger partial charge in [0.05, 0.1) is 6.61 Å². The second-order valence-electron chi connectivity index (χ2n) is 9.59. The Bertz CT molecular complexity index is 624. The first kappa shape index (κ1) is 18.3. The molecule has 0 aromatic heterocycles. The molecule has 0 N–H and O–H groups in total. The fourth-order valence-electron chi connectivity index (χ4n) is 7.24. The standard InChI is InChI=1S/C23H33FO2/c1-22-12-4-3-5-16(22)6-8-18-19-9-7-17(11-14-26-21(25)15-24)23(19,2)13-10-20(18)22/h3,5-6,17-20H,4,7-15H2,1-2H3/t17-,18+,19+,20+,22+,23-/m1/s1. The van der Waals surface area contributed by atoms with Gasteiger partial charge in [0, 0.05) is 0 Å². The predicted octanol–water partition coefficient (Wildman–Crippen LogP) is 5.63. The van der Waals surface area contributed by atoms with Crippen LogP contribution < -0.4 is 0 Å². The lowest BCUT2D eigenvalue weighted by atomic mass is 9.48. The molecule has 3 heteroatoms. The maximum Gasteiger partial charge on any atom is 0.337 e. The smallest absolute Gasteiger partial charge is 0.337 e. The molecule has 0 spiro atoms. The molecule has 2 saturated carbocycles. The van der Waals surface area contributed by atoms with E-state index >= 15 is 0 Å². The van der Waals surface area contributed by atoms with E-state index in [9.17, 15) is 9.18 Å². The molecular weight excluding hydrogens is 327 g/mol. The van der Waals surface area contributed by atoms with Crippen LogP contribution in [0.25, 0.3) is 0 Å². The van der Waals surface area contributed by atoms with Gasteiger partial charge in [0.2, 0.25) is 0 Å². The van der Waals surface area contributed by atoms with E-state index in [0.717, 1.165) is 24.2 Å². The van der Waals surface area contributed by atoms with Gasteiger partial charge in [-0.1, -0.05) is 32.1 Å². The van der Waals surface area contributed by atoms with Gasteiger partial charge in [0.25, 0.3) is 0 Å². The molecule has 0 aliphatic heterocycles. The minimum Gasteiger partial charge on any atom is -0.464 e. The summed E-state index contributed by atoms with van der Waals surface area (Å²) in [6.07, 6.45) is 17.1. The van der Waals surface area contributed by atoms with Crippen LogP contribution in [0.15, 0.2) is 23.8 Å². The molecule has 144 valence electrons. The molecule has 6 atom stereocenters. The summed E-state index contributed by atoms with van der Waals surface area (Å²) in [6.45, 7) is 4.39. The van der Waals surface area contributed by atoms with Crippen molar-refractivity contribution in [3.05, 3.63) is 23.8 Å². The molecule has 0 aromatic carbocycles. The van der Waals surface area contributed by atoms with E-state index in [0.29, 0.717) is 23.4 Å². The van der Waals surface area contributed by atoms with E-state index < -0.39 is 12.6 Å². The molecule has 26 heavy (non-hydrogen) atoms. The highest BCUT2D eigenvalue weighted by atomic mass is 19.1. The van der Waals surface area contributed by atoms with Gasteiger partial charge in [-0.15, -0.1) is 0 Å². The summed E-state index contributed by atoms with van der Waals surface area (Å²) in [6, 6.07) is 0. The number of rotatable bonds is 4. The van der Waals surface area contributed by atoms with E-state index in [2.05, 4.69) is 32.1 Å². The van der Waals surface area contributed by atoms with Crippen molar-refractivity contribution in [2.45, 2.75) is 65.2 Å². The first-order valence-corrected chi connectivity index (χ1v) is 10.6. The van der Waals surface area contributed by atoms with Gasteiger partial charge in [0.1, 0.15) is 0 Å². The Morgan fingerprint density at radius 2 is 2.08 bits per heavy atom. The predicted molar refractivity (Wildman–Crippen MR) is 101 cm³/mol. The number of hydrogen-bond acceptors (Lipinski definition) is 2. The molecule has 0 aromatic rings. The van der Waals surface area contributed by atoms with Crippen molar-refractivity contribution in [3.63, 3.8) is 0 Å². The SMILES string of the molecule is C[C@]12CC[C@H]3[C@@H](CC=C4C=CCC[C@@]43C)[C@@H]1CC[C@@H]2CCOC(=O)CF. The first-order chi connectivity index (χ1) is 12.5. The van der Waals surface area contributed by atoms with Crippen LogP contribution in [0.3, 0.4) is 0 Å². The summed E-state index contributed by atoms with van der Waals surface area (Å²) in [5.41, 5.74) is 2.35. The van der Waals surface area contributed by atoms with E-state index in [-0.39, 0.29) is 0 Å². The zero-order valence-corrected chi connectivity index (χ0v) is 16.3. The number of esters is 1. The Hall–Kier alpha value is -1.12. The second-order valence-corrected chi connectivity index (χ2v) is 9.59. The zero-order valence-electron chi connectivity index (χ0n) is 16.3. The van der Waals surface area contributed by atoms with Gasteiger partial charge in [-0.05, 0) is 91.4 Å². The average Bonchev–Trinajstić information content (AvgIpc) is 2.97. The van der Waals surface area contributed by atoms with Crippen LogP contribution in [0.1, 0.15) is 65.2 Å². The Kier molecular flexibility index (Phi) is 4.77. The Balaban J connectivity index is 1.49. The second kappa shape index (κ2) is 6.80. The first-order valence-electron chi connectivity index (χ1n) is 10.6. The molecule has 4 aliphatic rings. The number of fused-ring (bicyclic) bond motifs is 5. The van der Waals surface area contributed by atoms with Crippen molar-refractivity contribution >= 4 is 5.97 Å². The molecule has 0 bridgehead atoms. The van der Waals surface area contributed by atoms with Gasteiger partial charge in [-0.3, -0.25) is 0 Å². The molecule has 4 aliphatic carbocycles. The summed E-state index contributed by atoms with van der Waals surface area (Å²) in [5.74, 6) is 2.34. The average molecular weight is 361 g/mol. The van der Waals surface area contributed by atoms with Gasteiger partial charge in [-0.25, -0.2) is 9.18 Å². The highest BCUT2D eigenvalue weighted by Gasteiger charge is 2.57. The van der Waals surface area contributed by atoms with Crippen molar-refractivity contribution in [2.75, 3.05) is 13.3 Å². The van der Waals surface area contributed by atoms with Crippen LogP contribution >= 0.6 is 0 Å². The molecule has 4 rings (SSSR count). The van der Waals surface area contributed by atoms with Crippen LogP contribution in [0.5, 0.6) is 0 Å². The number of hydrogen-bond donors (Lipinski definition) is 0. The lowest BCUT2D eigenvalue weighted by Crippen LogP contribution is -2.49. The summed E-state index contributed by atoms with van der Waals surface area (Å²) in [5, 5.41) is 0. The molecule has 0 saturated heterocycles. The minimum absolute atomic E-state index is 0.371. The van der Waals surface area contributed by atoms with Crippen LogP contribution in [-0.2, 0) is 9.53 Å². The number of halogens is 1. The molecule has 0 heterocycles. The number of carbonyl (C=O) groups excluding carboxylic acids is 1. The van der Waals surface area contributed by atoms with E-state index in [1.54, 1.807) is 5.57 Å². The topological polar surface area (TPSA) is 26.3 Å². The van der Waals surface area contributed by atoms with Gasteiger partial charge < -0.3 is 4.74 Å². The molecule has 2 nitrogen and oxygen atoms in total. The highest BCUT2D eigenvalue weighted by molar-refractivity contribution is 5.70. The molecule has 0 radical (unpaired) electrons. The maximum absolute atomic E-state index is 12.3. The van der Waals surface area contributed by atoms with Crippen molar-refractivity contribution in [3.8, 4) is 0 Å².